The molecule has 0 bridgehead atoms. The van der Waals surface area contributed by atoms with Crippen LogP contribution >= 0.6 is 11.6 Å². The van der Waals surface area contributed by atoms with E-state index in [2.05, 4.69) is 23.9 Å². The Morgan fingerprint density at radius 3 is 2.75 bits per heavy atom. The van der Waals surface area contributed by atoms with Crippen LogP contribution in [0.2, 0.25) is 5.15 Å². The standard InChI is InChI=1S/C12H14ClN3/c1-7(2)9-6-12-14-10(8-3-4-8)5-11(13)16(12)15-9/h5-8H,3-4H2,1-2H3. The van der Waals surface area contributed by atoms with E-state index in [0.717, 1.165) is 17.0 Å². The van der Waals surface area contributed by atoms with Gasteiger partial charge in [-0.05, 0) is 24.8 Å². The first-order chi connectivity index (χ1) is 7.65. The zero-order valence-corrected chi connectivity index (χ0v) is 10.2. The summed E-state index contributed by atoms with van der Waals surface area (Å²) < 4.78 is 1.72. The lowest BCUT2D eigenvalue weighted by molar-refractivity contribution is 0.784. The summed E-state index contributed by atoms with van der Waals surface area (Å²) in [5.74, 6) is 1.03. The largest absolute Gasteiger partial charge is 0.233 e. The van der Waals surface area contributed by atoms with Gasteiger partial charge in [0.05, 0.1) is 5.69 Å². The third-order valence-corrected chi connectivity index (χ3v) is 3.28. The van der Waals surface area contributed by atoms with Crippen molar-refractivity contribution < 1.29 is 0 Å². The van der Waals surface area contributed by atoms with Gasteiger partial charge in [-0.15, -0.1) is 0 Å². The predicted molar refractivity (Wildman–Crippen MR) is 64.1 cm³/mol. The van der Waals surface area contributed by atoms with Crippen LogP contribution in [-0.4, -0.2) is 14.6 Å². The molecule has 1 aliphatic carbocycles. The highest BCUT2D eigenvalue weighted by molar-refractivity contribution is 6.29. The third kappa shape index (κ3) is 1.59. The molecule has 3 nitrogen and oxygen atoms in total. The molecule has 2 aromatic rings. The van der Waals surface area contributed by atoms with Crippen molar-refractivity contribution in [1.82, 2.24) is 14.6 Å². The molecular formula is C12H14ClN3. The van der Waals surface area contributed by atoms with Gasteiger partial charge in [0, 0.05) is 17.7 Å². The monoisotopic (exact) mass is 235 g/mol. The summed E-state index contributed by atoms with van der Waals surface area (Å²) in [6.07, 6.45) is 2.48. The molecule has 0 atom stereocenters. The summed E-state index contributed by atoms with van der Waals surface area (Å²) in [4.78, 5) is 4.62. The fourth-order valence-corrected chi connectivity index (χ4v) is 2.08. The molecule has 4 heteroatoms. The molecule has 1 saturated carbocycles. The van der Waals surface area contributed by atoms with Crippen molar-refractivity contribution in [2.75, 3.05) is 0 Å². The number of fused-ring (bicyclic) bond motifs is 1. The van der Waals surface area contributed by atoms with Gasteiger partial charge in [0.2, 0.25) is 0 Å². The zero-order chi connectivity index (χ0) is 11.3. The second kappa shape index (κ2) is 3.45. The van der Waals surface area contributed by atoms with E-state index in [1.54, 1.807) is 4.52 Å². The Morgan fingerprint density at radius 2 is 2.12 bits per heavy atom. The van der Waals surface area contributed by atoms with E-state index in [1.807, 2.05) is 12.1 Å². The summed E-state index contributed by atoms with van der Waals surface area (Å²) in [6.45, 7) is 4.24. The zero-order valence-electron chi connectivity index (χ0n) is 9.44. The van der Waals surface area contributed by atoms with Crippen LogP contribution in [0.25, 0.3) is 5.65 Å². The molecule has 0 N–H and O–H groups in total. The van der Waals surface area contributed by atoms with Crippen LogP contribution in [0.3, 0.4) is 0 Å². The predicted octanol–water partition coefficient (Wildman–Crippen LogP) is 3.38. The number of hydrogen-bond donors (Lipinski definition) is 0. The van der Waals surface area contributed by atoms with Gasteiger partial charge in [-0.1, -0.05) is 25.4 Å². The van der Waals surface area contributed by atoms with Gasteiger partial charge >= 0.3 is 0 Å². The number of rotatable bonds is 2. The van der Waals surface area contributed by atoms with Gasteiger partial charge in [-0.2, -0.15) is 5.10 Å². The Balaban J connectivity index is 2.17. The molecule has 16 heavy (non-hydrogen) atoms. The lowest BCUT2D eigenvalue weighted by Gasteiger charge is -2.00. The van der Waals surface area contributed by atoms with Crippen LogP contribution in [0, 0.1) is 0 Å². The molecule has 3 rings (SSSR count). The van der Waals surface area contributed by atoms with Gasteiger partial charge < -0.3 is 0 Å². The van der Waals surface area contributed by atoms with Crippen LogP contribution < -0.4 is 0 Å². The Bertz CT molecular complexity index is 540. The van der Waals surface area contributed by atoms with Gasteiger partial charge in [-0.25, -0.2) is 9.50 Å². The summed E-state index contributed by atoms with van der Waals surface area (Å²) in [5.41, 5.74) is 3.04. The maximum atomic E-state index is 6.21. The van der Waals surface area contributed by atoms with E-state index < -0.39 is 0 Å². The van der Waals surface area contributed by atoms with Gasteiger partial charge in [-0.3, -0.25) is 0 Å². The van der Waals surface area contributed by atoms with Crippen LogP contribution in [0.15, 0.2) is 12.1 Å². The first kappa shape index (κ1) is 10.1. The first-order valence-electron chi connectivity index (χ1n) is 5.71. The van der Waals surface area contributed by atoms with Crippen molar-refractivity contribution in [3.63, 3.8) is 0 Å². The molecular weight excluding hydrogens is 222 g/mol. The number of nitrogens with zero attached hydrogens (tertiary/aromatic N) is 3. The molecule has 84 valence electrons. The summed E-state index contributed by atoms with van der Waals surface area (Å²) in [6, 6.07) is 3.98. The molecule has 0 amide bonds. The van der Waals surface area contributed by atoms with Crippen molar-refractivity contribution in [3.8, 4) is 0 Å². The van der Waals surface area contributed by atoms with Crippen molar-refractivity contribution in [2.24, 2.45) is 0 Å². The van der Waals surface area contributed by atoms with E-state index in [1.165, 1.54) is 12.8 Å². The van der Waals surface area contributed by atoms with Gasteiger partial charge in [0.15, 0.2) is 5.65 Å². The lowest BCUT2D eigenvalue weighted by atomic mass is 10.1. The molecule has 0 unspecified atom stereocenters. The Morgan fingerprint density at radius 1 is 1.38 bits per heavy atom. The van der Waals surface area contributed by atoms with E-state index in [9.17, 15) is 0 Å². The minimum atomic E-state index is 0.405. The number of halogens is 1. The van der Waals surface area contributed by atoms with E-state index in [4.69, 9.17) is 11.6 Å². The van der Waals surface area contributed by atoms with Gasteiger partial charge in [0.1, 0.15) is 5.15 Å². The Kier molecular flexibility index (Phi) is 2.18. The topological polar surface area (TPSA) is 30.2 Å². The maximum absolute atomic E-state index is 6.21. The quantitative estimate of drug-likeness (QED) is 0.747. The second-order valence-electron chi connectivity index (χ2n) is 4.77. The van der Waals surface area contributed by atoms with Crippen LogP contribution in [-0.2, 0) is 0 Å². The normalized spacial score (nSPS) is 16.2. The van der Waals surface area contributed by atoms with Crippen molar-refractivity contribution >= 4 is 17.2 Å². The third-order valence-electron chi connectivity index (χ3n) is 3.01. The van der Waals surface area contributed by atoms with Crippen molar-refractivity contribution in [3.05, 3.63) is 28.7 Å². The average molecular weight is 236 g/mol. The molecule has 1 aliphatic rings. The Hall–Kier alpha value is -1.09. The lowest BCUT2D eigenvalue weighted by Crippen LogP contribution is -1.96. The maximum Gasteiger partial charge on any atom is 0.157 e. The van der Waals surface area contributed by atoms with Crippen LogP contribution in [0.5, 0.6) is 0 Å². The van der Waals surface area contributed by atoms with E-state index in [0.29, 0.717) is 17.0 Å². The molecule has 0 spiro atoms. The molecule has 0 aromatic carbocycles. The highest BCUT2D eigenvalue weighted by atomic mass is 35.5. The second-order valence-corrected chi connectivity index (χ2v) is 5.16. The minimum Gasteiger partial charge on any atom is -0.233 e. The molecule has 2 heterocycles. The van der Waals surface area contributed by atoms with Crippen LogP contribution in [0.1, 0.15) is 49.9 Å². The van der Waals surface area contributed by atoms with Gasteiger partial charge in [0.25, 0.3) is 0 Å². The van der Waals surface area contributed by atoms with Crippen molar-refractivity contribution in [1.29, 1.82) is 0 Å². The average Bonchev–Trinajstić information content (AvgIpc) is 2.97. The molecule has 0 radical (unpaired) electrons. The number of hydrogen-bond acceptors (Lipinski definition) is 2. The highest BCUT2D eigenvalue weighted by Gasteiger charge is 2.26. The first-order valence-corrected chi connectivity index (χ1v) is 6.09. The number of aromatic nitrogens is 3. The molecule has 1 fully saturated rings. The molecule has 0 aliphatic heterocycles. The highest BCUT2D eigenvalue weighted by Crippen LogP contribution is 2.39. The van der Waals surface area contributed by atoms with Crippen molar-refractivity contribution in [2.45, 2.75) is 38.5 Å². The summed E-state index contributed by atoms with van der Waals surface area (Å²) in [7, 11) is 0. The molecule has 2 aromatic heterocycles. The smallest absolute Gasteiger partial charge is 0.157 e. The minimum absolute atomic E-state index is 0.405. The Labute approximate surface area is 99.4 Å². The molecule has 0 saturated heterocycles. The fraction of sp³-hybridized carbons (Fsp3) is 0.500. The van der Waals surface area contributed by atoms with E-state index >= 15 is 0 Å². The summed E-state index contributed by atoms with van der Waals surface area (Å²) >= 11 is 6.21. The SMILES string of the molecule is CC(C)c1cc2nc(C3CC3)cc(Cl)n2n1. The summed E-state index contributed by atoms with van der Waals surface area (Å²) in [5, 5.41) is 5.12. The van der Waals surface area contributed by atoms with E-state index in [-0.39, 0.29) is 0 Å². The van der Waals surface area contributed by atoms with Crippen LogP contribution in [0.4, 0.5) is 0 Å². The fourth-order valence-electron chi connectivity index (χ4n) is 1.84.